The SMILES string of the molecule is CC1CN(C2CCC(n3cc(Nc4ncc(-c5ccc(C#N)c(O[C@@H](C)CN(C=N)N=N)c5)cn4)c(OCCC4(O)CCC4)n3)CC2)C[C@@H](C)O1. The molecule has 15 heteroatoms. The molecule has 1 saturated heterocycles. The number of aliphatic hydroxyl groups is 1. The fourth-order valence-electron chi connectivity index (χ4n) is 7.32. The minimum atomic E-state index is -0.644. The van der Waals surface area contributed by atoms with E-state index in [0.717, 1.165) is 80.5 Å². The predicted octanol–water partition coefficient (Wildman–Crippen LogP) is 5.85. The minimum absolute atomic E-state index is 0.184. The average molecular weight is 700 g/mol. The summed E-state index contributed by atoms with van der Waals surface area (Å²) in [5.41, 5.74) is 9.04. The van der Waals surface area contributed by atoms with E-state index in [1.165, 1.54) is 0 Å². The van der Waals surface area contributed by atoms with Crippen molar-refractivity contribution in [3.8, 4) is 28.8 Å². The maximum atomic E-state index is 10.6. The van der Waals surface area contributed by atoms with E-state index in [2.05, 4.69) is 45.3 Å². The van der Waals surface area contributed by atoms with Crippen LogP contribution in [0.15, 0.2) is 42.0 Å². The molecule has 6 rings (SSSR count). The summed E-state index contributed by atoms with van der Waals surface area (Å²) in [6.07, 6.45) is 13.8. The lowest BCUT2D eigenvalue weighted by atomic mass is 9.78. The lowest BCUT2D eigenvalue weighted by Crippen LogP contribution is -2.51. The number of morpholine rings is 1. The van der Waals surface area contributed by atoms with Crippen molar-refractivity contribution in [1.29, 1.82) is 16.2 Å². The second-order valence-corrected chi connectivity index (χ2v) is 14.2. The fourth-order valence-corrected chi connectivity index (χ4v) is 7.32. The smallest absolute Gasteiger partial charge is 0.256 e. The zero-order chi connectivity index (χ0) is 36.0. The fraction of sp³-hybridized carbons (Fsp3) is 0.583. The van der Waals surface area contributed by atoms with E-state index in [9.17, 15) is 10.4 Å². The van der Waals surface area contributed by atoms with Crippen molar-refractivity contribution in [1.82, 2.24) is 29.7 Å². The van der Waals surface area contributed by atoms with Crippen LogP contribution >= 0.6 is 0 Å². The highest BCUT2D eigenvalue weighted by molar-refractivity contribution is 5.67. The molecule has 3 fully saturated rings. The van der Waals surface area contributed by atoms with Gasteiger partial charge in [-0.1, -0.05) is 11.3 Å². The normalized spacial score (nSPS) is 23.7. The molecule has 2 aromatic heterocycles. The molecule has 272 valence electrons. The summed E-state index contributed by atoms with van der Waals surface area (Å²) in [6, 6.07) is 8.21. The topological polar surface area (TPSA) is 194 Å². The van der Waals surface area contributed by atoms with Crippen LogP contribution in [0.4, 0.5) is 11.6 Å². The number of aromatic nitrogens is 4. The van der Waals surface area contributed by atoms with E-state index in [0.29, 0.717) is 47.9 Å². The van der Waals surface area contributed by atoms with Crippen LogP contribution in [-0.4, -0.2) is 97.3 Å². The Bertz CT molecular complexity index is 1660. The molecule has 4 N–H and O–H groups in total. The Kier molecular flexibility index (Phi) is 11.4. The Morgan fingerprint density at radius 2 is 1.86 bits per heavy atom. The van der Waals surface area contributed by atoms with Gasteiger partial charge in [0.15, 0.2) is 0 Å². The summed E-state index contributed by atoms with van der Waals surface area (Å²) in [7, 11) is 0. The van der Waals surface area contributed by atoms with Gasteiger partial charge in [0.1, 0.15) is 29.9 Å². The molecule has 3 atom stereocenters. The molecule has 3 aliphatic rings. The molecular weight excluding hydrogens is 650 g/mol. The van der Waals surface area contributed by atoms with Crippen LogP contribution in [-0.2, 0) is 4.74 Å². The second kappa shape index (κ2) is 16.1. The lowest BCUT2D eigenvalue weighted by Gasteiger charge is -2.42. The van der Waals surface area contributed by atoms with E-state index < -0.39 is 11.7 Å². The van der Waals surface area contributed by atoms with Crippen LogP contribution in [0.25, 0.3) is 11.1 Å². The Labute approximate surface area is 298 Å². The first-order valence-corrected chi connectivity index (χ1v) is 17.9. The summed E-state index contributed by atoms with van der Waals surface area (Å²) >= 11 is 0. The summed E-state index contributed by atoms with van der Waals surface area (Å²) in [5, 5.41) is 40.2. The van der Waals surface area contributed by atoms with Crippen LogP contribution in [0.1, 0.15) is 83.7 Å². The molecule has 15 nitrogen and oxygen atoms in total. The molecule has 0 bridgehead atoms. The van der Waals surface area contributed by atoms with Gasteiger partial charge in [-0.25, -0.2) is 15.0 Å². The van der Waals surface area contributed by atoms with Crippen LogP contribution in [0.2, 0.25) is 0 Å². The molecule has 3 aromatic rings. The molecule has 0 spiro atoms. The van der Waals surface area contributed by atoms with Crippen LogP contribution in [0.5, 0.6) is 11.6 Å². The van der Waals surface area contributed by atoms with Gasteiger partial charge < -0.3 is 24.6 Å². The van der Waals surface area contributed by atoms with Gasteiger partial charge in [-0.15, -0.1) is 5.10 Å². The number of hydrogen-bond donors (Lipinski definition) is 4. The van der Waals surface area contributed by atoms with Crippen molar-refractivity contribution in [2.45, 2.75) is 108 Å². The van der Waals surface area contributed by atoms with E-state index in [1.807, 2.05) is 16.9 Å². The first-order valence-electron chi connectivity index (χ1n) is 17.9. The Morgan fingerprint density at radius 1 is 1.16 bits per heavy atom. The second-order valence-electron chi connectivity index (χ2n) is 14.2. The van der Waals surface area contributed by atoms with Gasteiger partial charge in [0.05, 0.1) is 48.8 Å². The number of hydrogen-bond acceptors (Lipinski definition) is 13. The van der Waals surface area contributed by atoms with Gasteiger partial charge in [0.25, 0.3) is 5.88 Å². The number of nitriles is 1. The van der Waals surface area contributed by atoms with E-state index in [-0.39, 0.29) is 24.8 Å². The van der Waals surface area contributed by atoms with Crippen molar-refractivity contribution < 1.29 is 19.3 Å². The Hall–Kier alpha value is -4.65. The van der Waals surface area contributed by atoms with Crippen molar-refractivity contribution >= 4 is 18.0 Å². The van der Waals surface area contributed by atoms with E-state index >= 15 is 0 Å². The van der Waals surface area contributed by atoms with Crippen LogP contribution < -0.4 is 14.8 Å². The van der Waals surface area contributed by atoms with Crippen molar-refractivity contribution in [2.75, 3.05) is 31.6 Å². The zero-order valence-corrected chi connectivity index (χ0v) is 29.7. The minimum Gasteiger partial charge on any atom is -0.487 e. The molecule has 0 radical (unpaired) electrons. The van der Waals surface area contributed by atoms with Crippen molar-refractivity contribution in [2.24, 2.45) is 5.22 Å². The average Bonchev–Trinajstić information content (AvgIpc) is 3.51. The summed E-state index contributed by atoms with van der Waals surface area (Å²) in [4.78, 5) is 11.8. The number of anilines is 2. The van der Waals surface area contributed by atoms with Gasteiger partial charge in [-0.05, 0) is 83.4 Å². The number of benzene rings is 1. The van der Waals surface area contributed by atoms with Gasteiger partial charge >= 0.3 is 0 Å². The maximum absolute atomic E-state index is 10.6. The quantitative estimate of drug-likeness (QED) is 0.0643. The predicted molar refractivity (Wildman–Crippen MR) is 190 cm³/mol. The number of ether oxygens (including phenoxy) is 3. The van der Waals surface area contributed by atoms with E-state index in [1.54, 1.807) is 31.5 Å². The standard InChI is InChI=1S/C36H49N11O4/c1-24-19-45(20-25(2)50-24)30-7-9-31(10-8-30)47-22-32(34(43-47)49-14-13-36(48)11-4-12-36)42-35-40-17-29(18-41-35)27-5-6-28(16-37)33(15-27)51-26(3)21-46(23-38)44-39/h5-6,15,17-18,22-26,30-31,38-39,48H,4,7-14,19-21H2,1-3H3,(H,40,41,42)/t24-,25?,26+,30?,31?/m1/s1. The highest BCUT2D eigenvalue weighted by atomic mass is 16.5. The molecule has 2 saturated carbocycles. The van der Waals surface area contributed by atoms with Gasteiger partial charge in [0.2, 0.25) is 5.95 Å². The molecule has 1 unspecified atom stereocenters. The highest BCUT2D eigenvalue weighted by Crippen LogP contribution is 2.37. The molecule has 3 heterocycles. The largest absolute Gasteiger partial charge is 0.487 e. The van der Waals surface area contributed by atoms with Crippen LogP contribution in [0, 0.1) is 22.3 Å². The monoisotopic (exact) mass is 699 g/mol. The Balaban J connectivity index is 1.14. The number of nitrogens with one attached hydrogen (secondary N) is 3. The molecular formula is C36H49N11O4. The lowest BCUT2D eigenvalue weighted by molar-refractivity contribution is -0.0852. The third-order valence-electron chi connectivity index (χ3n) is 10.2. The third-order valence-corrected chi connectivity index (χ3v) is 10.2. The van der Waals surface area contributed by atoms with Crippen molar-refractivity contribution in [3.05, 3.63) is 42.4 Å². The van der Waals surface area contributed by atoms with Crippen molar-refractivity contribution in [3.63, 3.8) is 0 Å². The first kappa shape index (κ1) is 36.2. The molecule has 51 heavy (non-hydrogen) atoms. The molecule has 1 aliphatic heterocycles. The number of rotatable bonds is 15. The highest BCUT2D eigenvalue weighted by Gasteiger charge is 2.35. The summed E-state index contributed by atoms with van der Waals surface area (Å²) < 4.78 is 20.2. The maximum Gasteiger partial charge on any atom is 0.256 e. The molecule has 1 aromatic carbocycles. The first-order chi connectivity index (χ1) is 24.6. The van der Waals surface area contributed by atoms with Gasteiger partial charge in [-0.3, -0.25) is 15.0 Å². The third kappa shape index (κ3) is 8.99. The zero-order valence-electron chi connectivity index (χ0n) is 29.7. The van der Waals surface area contributed by atoms with Gasteiger partial charge in [0, 0.05) is 43.5 Å². The number of nitrogens with zero attached hydrogens (tertiary/aromatic N) is 8. The van der Waals surface area contributed by atoms with Gasteiger partial charge in [-0.2, -0.15) is 10.8 Å². The summed E-state index contributed by atoms with van der Waals surface area (Å²) in [6.45, 7) is 8.60. The Morgan fingerprint density at radius 3 is 2.49 bits per heavy atom. The molecule has 0 amide bonds. The van der Waals surface area contributed by atoms with E-state index in [4.69, 9.17) is 30.2 Å². The molecule has 2 aliphatic carbocycles. The van der Waals surface area contributed by atoms with Crippen LogP contribution in [0.3, 0.4) is 0 Å². The summed E-state index contributed by atoms with van der Waals surface area (Å²) in [5.74, 6) is 1.22.